The minimum Gasteiger partial charge on any atom is -0.323 e. The standard InChI is InChI=1S/C29H22Cl4N2O3/c1-14(2)24(25(36)34-20-13-7-12-19(30)23(20)31)35-26(37)21-22(27(35)38)29(33)16-9-4-3-8-15(16)28(21,32)17-10-5-6-11-18(17)29/h3-14,21-22,24H,1-2H3,(H,34,36)/t21-,22-,24-,28?,29?/m0/s1. The molecule has 9 heteroatoms. The van der Waals surface area contributed by atoms with E-state index >= 15 is 0 Å². The molecule has 3 amide bonds. The first kappa shape index (κ1) is 25.7. The average Bonchev–Trinajstić information content (AvgIpc) is 3.16. The summed E-state index contributed by atoms with van der Waals surface area (Å²) in [6, 6.07) is 18.6. The third-order valence-corrected chi connectivity index (χ3v) is 10.1. The Balaban J connectivity index is 1.49. The third kappa shape index (κ3) is 3.16. The van der Waals surface area contributed by atoms with E-state index in [-0.39, 0.29) is 15.7 Å². The van der Waals surface area contributed by atoms with Crippen molar-refractivity contribution >= 4 is 69.8 Å². The molecule has 3 atom stereocenters. The van der Waals surface area contributed by atoms with E-state index in [1.165, 1.54) is 0 Å². The van der Waals surface area contributed by atoms with Crippen LogP contribution in [0.15, 0.2) is 66.7 Å². The number of halogens is 4. The smallest absolute Gasteiger partial charge is 0.247 e. The van der Waals surface area contributed by atoms with Crippen LogP contribution >= 0.6 is 46.4 Å². The number of hydrogen-bond donors (Lipinski definition) is 1. The van der Waals surface area contributed by atoms with Gasteiger partial charge in [0.1, 0.15) is 15.8 Å². The predicted molar refractivity (Wildman–Crippen MR) is 149 cm³/mol. The van der Waals surface area contributed by atoms with Crippen LogP contribution in [0.2, 0.25) is 10.0 Å². The molecule has 0 radical (unpaired) electrons. The topological polar surface area (TPSA) is 66.5 Å². The Labute approximate surface area is 240 Å². The first-order chi connectivity index (χ1) is 18.0. The van der Waals surface area contributed by atoms with Gasteiger partial charge in [0.2, 0.25) is 17.7 Å². The maximum Gasteiger partial charge on any atom is 0.247 e. The maximum atomic E-state index is 14.3. The van der Waals surface area contributed by atoms with Gasteiger partial charge in [0, 0.05) is 0 Å². The van der Waals surface area contributed by atoms with E-state index in [4.69, 9.17) is 46.4 Å². The first-order valence-corrected chi connectivity index (χ1v) is 13.7. The Kier molecular flexibility index (Phi) is 5.90. The molecule has 1 N–H and O–H groups in total. The van der Waals surface area contributed by atoms with E-state index in [0.717, 1.165) is 4.90 Å². The van der Waals surface area contributed by atoms with Crippen molar-refractivity contribution in [2.24, 2.45) is 17.8 Å². The number of nitrogens with zero attached hydrogens (tertiary/aromatic N) is 1. The van der Waals surface area contributed by atoms with Crippen molar-refractivity contribution in [3.05, 3.63) is 99.0 Å². The lowest BCUT2D eigenvalue weighted by molar-refractivity contribution is -0.148. The van der Waals surface area contributed by atoms with Crippen LogP contribution < -0.4 is 5.32 Å². The Hall–Kier alpha value is -2.57. The molecular formula is C29H22Cl4N2O3. The van der Waals surface area contributed by atoms with Crippen molar-refractivity contribution in [2.45, 2.75) is 29.6 Å². The third-order valence-electron chi connectivity index (χ3n) is 8.01. The number of likely N-dealkylation sites (tertiary alicyclic amines) is 1. The van der Waals surface area contributed by atoms with E-state index in [1.807, 2.05) is 48.5 Å². The quantitative estimate of drug-likeness (QED) is 0.278. The molecule has 194 valence electrons. The van der Waals surface area contributed by atoms with Crippen LogP contribution in [-0.4, -0.2) is 28.7 Å². The minimum atomic E-state index is -1.32. The summed E-state index contributed by atoms with van der Waals surface area (Å²) in [5.41, 5.74) is 3.10. The zero-order valence-electron chi connectivity index (χ0n) is 20.3. The van der Waals surface area contributed by atoms with E-state index in [2.05, 4.69) is 5.32 Å². The normalized spacial score (nSPS) is 27.7. The van der Waals surface area contributed by atoms with Crippen LogP contribution in [0.4, 0.5) is 5.69 Å². The van der Waals surface area contributed by atoms with Gasteiger partial charge < -0.3 is 5.32 Å². The molecule has 0 saturated carbocycles. The second kappa shape index (κ2) is 8.72. The lowest BCUT2D eigenvalue weighted by atomic mass is 9.54. The second-order valence-electron chi connectivity index (χ2n) is 10.3. The van der Waals surface area contributed by atoms with Crippen LogP contribution in [0.3, 0.4) is 0 Å². The van der Waals surface area contributed by atoms with E-state index in [1.54, 1.807) is 32.0 Å². The molecule has 0 unspecified atom stereocenters. The molecule has 1 aliphatic heterocycles. The summed E-state index contributed by atoms with van der Waals surface area (Å²) in [5.74, 6) is -3.98. The SMILES string of the molecule is CC(C)[C@@H](C(=O)Nc1cccc(Cl)c1Cl)N1C(=O)[C@@H]2[C@@H](C1=O)C1(Cl)c3ccccc3C2(Cl)c2ccccc21. The number of nitrogens with one attached hydrogen (secondary N) is 1. The largest absolute Gasteiger partial charge is 0.323 e. The Bertz CT molecular complexity index is 1420. The fraction of sp³-hybridized carbons (Fsp3) is 0.276. The highest BCUT2D eigenvalue weighted by Crippen LogP contribution is 2.69. The van der Waals surface area contributed by atoms with Crippen molar-refractivity contribution in [1.29, 1.82) is 0 Å². The fourth-order valence-electron chi connectivity index (χ4n) is 6.49. The van der Waals surface area contributed by atoms with Crippen LogP contribution in [0.5, 0.6) is 0 Å². The number of alkyl halides is 2. The second-order valence-corrected chi connectivity index (χ2v) is 12.3. The summed E-state index contributed by atoms with van der Waals surface area (Å²) < 4.78 is 0. The van der Waals surface area contributed by atoms with Crippen LogP contribution in [0.25, 0.3) is 0 Å². The summed E-state index contributed by atoms with van der Waals surface area (Å²) in [6.45, 7) is 3.55. The van der Waals surface area contributed by atoms with Crippen LogP contribution in [-0.2, 0) is 24.1 Å². The molecule has 1 heterocycles. The minimum absolute atomic E-state index is 0.168. The van der Waals surface area contributed by atoms with Crippen molar-refractivity contribution < 1.29 is 14.4 Å². The molecule has 3 aromatic rings. The molecule has 7 rings (SSSR count). The van der Waals surface area contributed by atoms with Gasteiger partial charge in [-0.1, -0.05) is 91.6 Å². The molecule has 0 aromatic heterocycles. The van der Waals surface area contributed by atoms with Gasteiger partial charge in [-0.05, 0) is 40.3 Å². The first-order valence-electron chi connectivity index (χ1n) is 12.2. The van der Waals surface area contributed by atoms with Gasteiger partial charge in [0.25, 0.3) is 0 Å². The van der Waals surface area contributed by atoms with Gasteiger partial charge in [0.05, 0.1) is 27.6 Å². The molecule has 5 nitrogen and oxygen atoms in total. The number of carbonyl (C=O) groups excluding carboxylic acids is 3. The van der Waals surface area contributed by atoms with Crippen molar-refractivity contribution in [3.63, 3.8) is 0 Å². The summed E-state index contributed by atoms with van der Waals surface area (Å²) in [7, 11) is 0. The lowest BCUT2D eigenvalue weighted by Crippen LogP contribution is -2.57. The highest BCUT2D eigenvalue weighted by molar-refractivity contribution is 6.44. The molecule has 0 spiro atoms. The fourth-order valence-corrected chi connectivity index (χ4v) is 7.93. The van der Waals surface area contributed by atoms with Gasteiger partial charge in [-0.15, -0.1) is 23.2 Å². The van der Waals surface area contributed by atoms with Crippen molar-refractivity contribution in [3.8, 4) is 0 Å². The van der Waals surface area contributed by atoms with E-state index in [0.29, 0.717) is 22.3 Å². The highest BCUT2D eigenvalue weighted by Gasteiger charge is 2.73. The number of hydrogen-bond acceptors (Lipinski definition) is 3. The summed E-state index contributed by atoms with van der Waals surface area (Å²) in [4.78, 5) is 40.6. The van der Waals surface area contributed by atoms with Gasteiger partial charge in [-0.3, -0.25) is 19.3 Å². The summed E-state index contributed by atoms with van der Waals surface area (Å²) in [6.07, 6.45) is 0. The zero-order valence-corrected chi connectivity index (χ0v) is 23.4. The van der Waals surface area contributed by atoms with Crippen LogP contribution in [0, 0.1) is 17.8 Å². The van der Waals surface area contributed by atoms with E-state index in [9.17, 15) is 14.4 Å². The van der Waals surface area contributed by atoms with Crippen molar-refractivity contribution in [2.75, 3.05) is 5.32 Å². The number of benzene rings is 3. The number of imide groups is 1. The summed E-state index contributed by atoms with van der Waals surface area (Å²) >= 11 is 27.4. The highest BCUT2D eigenvalue weighted by atomic mass is 35.5. The predicted octanol–water partition coefficient (Wildman–Crippen LogP) is 6.55. The molecular weight excluding hydrogens is 566 g/mol. The Morgan fingerprint density at radius 2 is 1.24 bits per heavy atom. The lowest BCUT2D eigenvalue weighted by Gasteiger charge is -2.54. The Morgan fingerprint density at radius 3 is 1.66 bits per heavy atom. The van der Waals surface area contributed by atoms with Crippen LogP contribution in [0.1, 0.15) is 36.1 Å². The number of amides is 3. The Morgan fingerprint density at radius 1 is 0.789 bits per heavy atom. The zero-order chi connectivity index (χ0) is 27.1. The molecule has 2 bridgehead atoms. The monoisotopic (exact) mass is 586 g/mol. The molecule has 1 saturated heterocycles. The van der Waals surface area contributed by atoms with Gasteiger partial charge in [-0.2, -0.15) is 0 Å². The van der Waals surface area contributed by atoms with Gasteiger partial charge >= 0.3 is 0 Å². The molecule has 1 fully saturated rings. The number of anilines is 1. The van der Waals surface area contributed by atoms with E-state index < -0.39 is 51.3 Å². The number of rotatable bonds is 4. The maximum absolute atomic E-state index is 14.3. The molecule has 38 heavy (non-hydrogen) atoms. The van der Waals surface area contributed by atoms with Crippen molar-refractivity contribution in [1.82, 2.24) is 4.90 Å². The van der Waals surface area contributed by atoms with Gasteiger partial charge in [-0.25, -0.2) is 0 Å². The van der Waals surface area contributed by atoms with Gasteiger partial charge in [0.15, 0.2) is 0 Å². The molecule has 4 aliphatic rings. The summed E-state index contributed by atoms with van der Waals surface area (Å²) in [5, 5.41) is 3.19. The molecule has 3 aliphatic carbocycles. The average molecular weight is 588 g/mol. The number of carbonyl (C=O) groups is 3. The molecule has 3 aromatic carbocycles.